The molecule has 3 unspecified atom stereocenters. The smallest absolute Gasteiger partial charge is 0.0250 e. The van der Waals surface area contributed by atoms with Crippen molar-refractivity contribution in [1.82, 2.24) is 15.5 Å². The van der Waals surface area contributed by atoms with Gasteiger partial charge in [-0.05, 0) is 45.2 Å². The van der Waals surface area contributed by atoms with Crippen molar-refractivity contribution < 1.29 is 0 Å². The lowest BCUT2D eigenvalue weighted by atomic mass is 10.0. The summed E-state index contributed by atoms with van der Waals surface area (Å²) in [7, 11) is 0. The average Bonchev–Trinajstić information content (AvgIpc) is 2.85. The lowest BCUT2D eigenvalue weighted by Crippen LogP contribution is -2.50. The highest BCUT2D eigenvalue weighted by Crippen LogP contribution is 2.28. The van der Waals surface area contributed by atoms with Gasteiger partial charge in [-0.3, -0.25) is 4.90 Å². The standard InChI is InChI=1S/C12H23N3/c1-3-10(9-13-6-1)14-11-5-8-15-7-2-4-12(11)15/h10-14H,1-9H2. The predicted molar refractivity (Wildman–Crippen MR) is 62.0 cm³/mol. The Labute approximate surface area is 92.6 Å². The van der Waals surface area contributed by atoms with Crippen molar-refractivity contribution in [2.45, 2.75) is 50.2 Å². The molecule has 3 heteroatoms. The summed E-state index contributed by atoms with van der Waals surface area (Å²) in [5.41, 5.74) is 0. The second-order valence-electron chi connectivity index (χ2n) is 5.35. The van der Waals surface area contributed by atoms with Crippen molar-refractivity contribution in [3.05, 3.63) is 0 Å². The van der Waals surface area contributed by atoms with E-state index in [-0.39, 0.29) is 0 Å². The number of fused-ring (bicyclic) bond motifs is 1. The number of hydrogen-bond acceptors (Lipinski definition) is 3. The van der Waals surface area contributed by atoms with Crippen molar-refractivity contribution in [1.29, 1.82) is 0 Å². The molecule has 3 nitrogen and oxygen atoms in total. The number of hydrogen-bond donors (Lipinski definition) is 2. The van der Waals surface area contributed by atoms with Gasteiger partial charge in [0.05, 0.1) is 0 Å². The molecule has 0 aromatic carbocycles. The van der Waals surface area contributed by atoms with Crippen molar-refractivity contribution in [3.63, 3.8) is 0 Å². The molecule has 3 aliphatic rings. The van der Waals surface area contributed by atoms with Gasteiger partial charge in [-0.15, -0.1) is 0 Å². The van der Waals surface area contributed by atoms with Crippen LogP contribution in [-0.4, -0.2) is 49.2 Å². The number of nitrogens with one attached hydrogen (secondary N) is 2. The van der Waals surface area contributed by atoms with E-state index in [0.29, 0.717) is 0 Å². The minimum atomic E-state index is 0.740. The zero-order chi connectivity index (χ0) is 10.1. The number of nitrogens with zero attached hydrogens (tertiary/aromatic N) is 1. The van der Waals surface area contributed by atoms with Crippen LogP contribution in [0.25, 0.3) is 0 Å². The molecule has 3 aliphatic heterocycles. The molecule has 0 aliphatic carbocycles. The van der Waals surface area contributed by atoms with Gasteiger partial charge in [-0.25, -0.2) is 0 Å². The maximum atomic E-state index is 3.89. The second kappa shape index (κ2) is 4.40. The first-order valence-electron chi connectivity index (χ1n) is 6.64. The quantitative estimate of drug-likeness (QED) is 0.696. The van der Waals surface area contributed by atoms with Crippen molar-refractivity contribution in [3.8, 4) is 0 Å². The van der Waals surface area contributed by atoms with E-state index in [1.165, 1.54) is 58.3 Å². The van der Waals surface area contributed by atoms with Crippen LogP contribution in [0.3, 0.4) is 0 Å². The van der Waals surface area contributed by atoms with Gasteiger partial charge < -0.3 is 10.6 Å². The van der Waals surface area contributed by atoms with Crippen LogP contribution >= 0.6 is 0 Å². The molecule has 86 valence electrons. The van der Waals surface area contributed by atoms with Gasteiger partial charge in [-0.2, -0.15) is 0 Å². The highest BCUT2D eigenvalue weighted by molar-refractivity contribution is 4.97. The van der Waals surface area contributed by atoms with Crippen LogP contribution in [0.2, 0.25) is 0 Å². The molecule has 0 bridgehead atoms. The Morgan fingerprint density at radius 2 is 2.07 bits per heavy atom. The van der Waals surface area contributed by atoms with E-state index in [1.807, 2.05) is 0 Å². The number of rotatable bonds is 2. The van der Waals surface area contributed by atoms with E-state index in [9.17, 15) is 0 Å². The third-order valence-electron chi connectivity index (χ3n) is 4.35. The predicted octanol–water partition coefficient (Wildman–Crippen LogP) is 0.565. The lowest BCUT2D eigenvalue weighted by Gasteiger charge is -2.30. The molecule has 3 saturated heterocycles. The molecule has 0 radical (unpaired) electrons. The molecule has 3 rings (SSSR count). The molecule has 0 spiro atoms. The third kappa shape index (κ3) is 2.05. The monoisotopic (exact) mass is 209 g/mol. The Morgan fingerprint density at radius 3 is 2.93 bits per heavy atom. The Balaban J connectivity index is 1.54. The van der Waals surface area contributed by atoms with Gasteiger partial charge in [0.25, 0.3) is 0 Å². The summed E-state index contributed by atoms with van der Waals surface area (Å²) >= 11 is 0. The van der Waals surface area contributed by atoms with E-state index >= 15 is 0 Å². The Kier molecular flexibility index (Phi) is 2.95. The van der Waals surface area contributed by atoms with Crippen molar-refractivity contribution >= 4 is 0 Å². The minimum Gasteiger partial charge on any atom is -0.315 e. The van der Waals surface area contributed by atoms with Gasteiger partial charge in [-0.1, -0.05) is 0 Å². The molecule has 0 amide bonds. The molecular weight excluding hydrogens is 186 g/mol. The molecule has 3 fully saturated rings. The summed E-state index contributed by atoms with van der Waals surface area (Å²) < 4.78 is 0. The Bertz CT molecular complexity index is 213. The average molecular weight is 209 g/mol. The van der Waals surface area contributed by atoms with Gasteiger partial charge >= 0.3 is 0 Å². The molecule has 3 heterocycles. The fraction of sp³-hybridized carbons (Fsp3) is 1.00. The molecular formula is C12H23N3. The summed E-state index contributed by atoms with van der Waals surface area (Å²) in [6.07, 6.45) is 6.94. The summed E-state index contributed by atoms with van der Waals surface area (Å²) in [6, 6.07) is 2.40. The van der Waals surface area contributed by atoms with E-state index < -0.39 is 0 Å². The molecule has 3 atom stereocenters. The molecule has 0 aromatic rings. The first kappa shape index (κ1) is 10.1. The van der Waals surface area contributed by atoms with Crippen LogP contribution in [0.4, 0.5) is 0 Å². The van der Waals surface area contributed by atoms with E-state index in [1.54, 1.807) is 0 Å². The van der Waals surface area contributed by atoms with E-state index in [4.69, 9.17) is 0 Å². The molecule has 0 saturated carbocycles. The van der Waals surface area contributed by atoms with Gasteiger partial charge in [0.1, 0.15) is 0 Å². The summed E-state index contributed by atoms with van der Waals surface area (Å²) in [4.78, 5) is 2.69. The first-order chi connectivity index (χ1) is 7.43. The largest absolute Gasteiger partial charge is 0.315 e. The zero-order valence-electron chi connectivity index (χ0n) is 9.54. The molecule has 2 N–H and O–H groups in total. The summed E-state index contributed by atoms with van der Waals surface area (Å²) in [6.45, 7) is 5.09. The summed E-state index contributed by atoms with van der Waals surface area (Å²) in [5, 5.41) is 7.38. The number of piperidine rings is 1. The molecule has 0 aromatic heterocycles. The van der Waals surface area contributed by atoms with Gasteiger partial charge in [0.2, 0.25) is 0 Å². The van der Waals surface area contributed by atoms with Crippen LogP contribution in [-0.2, 0) is 0 Å². The first-order valence-corrected chi connectivity index (χ1v) is 6.64. The highest BCUT2D eigenvalue weighted by atomic mass is 15.2. The van der Waals surface area contributed by atoms with Crippen molar-refractivity contribution in [2.24, 2.45) is 0 Å². The zero-order valence-corrected chi connectivity index (χ0v) is 9.54. The fourth-order valence-electron chi connectivity index (χ4n) is 3.57. The highest BCUT2D eigenvalue weighted by Gasteiger charge is 2.37. The second-order valence-corrected chi connectivity index (χ2v) is 5.35. The summed E-state index contributed by atoms with van der Waals surface area (Å²) in [5.74, 6) is 0. The van der Waals surface area contributed by atoms with Crippen LogP contribution in [0.5, 0.6) is 0 Å². The topological polar surface area (TPSA) is 27.3 Å². The normalized spacial score (nSPS) is 42.0. The molecule has 15 heavy (non-hydrogen) atoms. The third-order valence-corrected chi connectivity index (χ3v) is 4.35. The van der Waals surface area contributed by atoms with Crippen LogP contribution in [0.1, 0.15) is 32.1 Å². The van der Waals surface area contributed by atoms with E-state index in [0.717, 1.165) is 18.1 Å². The van der Waals surface area contributed by atoms with Crippen molar-refractivity contribution in [2.75, 3.05) is 26.2 Å². The van der Waals surface area contributed by atoms with Gasteiger partial charge in [0.15, 0.2) is 0 Å². The minimum absolute atomic E-state index is 0.740. The Hall–Kier alpha value is -0.120. The van der Waals surface area contributed by atoms with Crippen LogP contribution < -0.4 is 10.6 Å². The Morgan fingerprint density at radius 1 is 1.07 bits per heavy atom. The van der Waals surface area contributed by atoms with Gasteiger partial charge in [0, 0.05) is 31.2 Å². The maximum Gasteiger partial charge on any atom is 0.0250 e. The maximum absolute atomic E-state index is 3.89. The van der Waals surface area contributed by atoms with Crippen LogP contribution in [0.15, 0.2) is 0 Å². The lowest BCUT2D eigenvalue weighted by molar-refractivity contribution is 0.275. The fourth-order valence-corrected chi connectivity index (χ4v) is 3.57. The SMILES string of the molecule is C1CNCC(NC2CCN3CCCC23)C1. The van der Waals surface area contributed by atoms with Crippen LogP contribution in [0, 0.1) is 0 Å². The van der Waals surface area contributed by atoms with E-state index in [2.05, 4.69) is 15.5 Å².